The van der Waals surface area contributed by atoms with E-state index in [1.807, 2.05) is 48.5 Å². The first-order valence-corrected chi connectivity index (χ1v) is 9.85. The Balaban J connectivity index is 1.93. The largest absolute Gasteiger partial charge is 0.508 e. The topological polar surface area (TPSA) is 90.1 Å². The number of nitroso groups, excluding NO2 is 1. The Morgan fingerprint density at radius 2 is 0.710 bits per heavy atom. The molecule has 0 saturated carbocycles. The van der Waals surface area contributed by atoms with E-state index in [2.05, 4.69) is 5.18 Å². The summed E-state index contributed by atoms with van der Waals surface area (Å²) in [4.78, 5) is 10.9. The van der Waals surface area contributed by atoms with Gasteiger partial charge in [0.2, 0.25) is 0 Å². The van der Waals surface area contributed by atoms with Crippen molar-refractivity contribution in [3.8, 4) is 17.2 Å². The van der Waals surface area contributed by atoms with Gasteiger partial charge in [0.1, 0.15) is 22.9 Å². The van der Waals surface area contributed by atoms with Gasteiger partial charge in [0.05, 0.1) is 0 Å². The zero-order valence-corrected chi connectivity index (χ0v) is 16.6. The highest BCUT2D eigenvalue weighted by molar-refractivity contribution is 5.49. The molecular formula is C26H21NO4. The van der Waals surface area contributed by atoms with Gasteiger partial charge in [0, 0.05) is 11.8 Å². The number of hydrogen-bond acceptors (Lipinski definition) is 5. The maximum Gasteiger partial charge on any atom is 0.115 e. The molecule has 0 heterocycles. The molecule has 0 aliphatic rings. The standard InChI is InChI=1S/C26H21NO4/c28-22-11-3-18(4-12-22)25(17-1-9-21(27-31)10-2-17)26(19-5-13-23(29)14-6-19)20-7-15-24(30)16-8-20/h1-16,25-26,28-30H/t25-/m0/s1. The molecule has 0 amide bonds. The lowest BCUT2D eigenvalue weighted by Crippen LogP contribution is -2.14. The molecule has 0 aromatic heterocycles. The lowest BCUT2D eigenvalue weighted by atomic mass is 9.73. The summed E-state index contributed by atoms with van der Waals surface area (Å²) >= 11 is 0. The fourth-order valence-corrected chi connectivity index (χ4v) is 3.94. The highest BCUT2D eigenvalue weighted by atomic mass is 16.3. The smallest absolute Gasteiger partial charge is 0.115 e. The van der Waals surface area contributed by atoms with Crippen LogP contribution < -0.4 is 0 Å². The van der Waals surface area contributed by atoms with Crippen molar-refractivity contribution >= 4 is 5.69 Å². The van der Waals surface area contributed by atoms with Gasteiger partial charge in [-0.05, 0) is 76.0 Å². The summed E-state index contributed by atoms with van der Waals surface area (Å²) in [6, 6.07) is 28.3. The molecule has 4 aromatic rings. The number of nitrogens with zero attached hydrogens (tertiary/aromatic N) is 1. The quantitative estimate of drug-likeness (QED) is 0.331. The van der Waals surface area contributed by atoms with Gasteiger partial charge in [-0.3, -0.25) is 0 Å². The van der Waals surface area contributed by atoms with Gasteiger partial charge in [-0.2, -0.15) is 0 Å². The van der Waals surface area contributed by atoms with E-state index in [0.29, 0.717) is 5.69 Å². The number of benzene rings is 4. The molecular weight excluding hydrogens is 390 g/mol. The van der Waals surface area contributed by atoms with Crippen LogP contribution in [0, 0.1) is 4.91 Å². The summed E-state index contributed by atoms with van der Waals surface area (Å²) in [5, 5.41) is 32.4. The van der Waals surface area contributed by atoms with E-state index < -0.39 is 0 Å². The van der Waals surface area contributed by atoms with E-state index in [1.54, 1.807) is 48.5 Å². The summed E-state index contributed by atoms with van der Waals surface area (Å²) in [7, 11) is 0. The van der Waals surface area contributed by atoms with E-state index in [1.165, 1.54) is 0 Å². The van der Waals surface area contributed by atoms with Crippen LogP contribution in [0.1, 0.15) is 34.1 Å². The van der Waals surface area contributed by atoms with Crippen LogP contribution in [0.2, 0.25) is 0 Å². The monoisotopic (exact) mass is 411 g/mol. The molecule has 0 aliphatic heterocycles. The molecule has 31 heavy (non-hydrogen) atoms. The molecule has 0 spiro atoms. The molecule has 5 heteroatoms. The lowest BCUT2D eigenvalue weighted by molar-refractivity contribution is 0.473. The van der Waals surface area contributed by atoms with Crippen LogP contribution in [-0.4, -0.2) is 15.3 Å². The van der Waals surface area contributed by atoms with Gasteiger partial charge < -0.3 is 15.3 Å². The molecule has 0 bridgehead atoms. The first-order chi connectivity index (χ1) is 15.0. The Labute approximate surface area is 179 Å². The van der Waals surface area contributed by atoms with E-state index in [0.717, 1.165) is 22.3 Å². The van der Waals surface area contributed by atoms with Gasteiger partial charge in [-0.15, -0.1) is 4.91 Å². The summed E-state index contributed by atoms with van der Waals surface area (Å²) in [5.74, 6) is 0.191. The lowest BCUT2D eigenvalue weighted by Gasteiger charge is -2.29. The molecule has 3 N–H and O–H groups in total. The van der Waals surface area contributed by atoms with Crippen LogP contribution >= 0.6 is 0 Å². The summed E-state index contributed by atoms with van der Waals surface area (Å²) in [6.45, 7) is 0. The van der Waals surface area contributed by atoms with Crippen molar-refractivity contribution in [3.05, 3.63) is 124 Å². The minimum Gasteiger partial charge on any atom is -0.508 e. The van der Waals surface area contributed by atoms with Gasteiger partial charge in [0.25, 0.3) is 0 Å². The maximum absolute atomic E-state index is 10.9. The maximum atomic E-state index is 10.9. The summed E-state index contributed by atoms with van der Waals surface area (Å²) in [5.41, 5.74) is 4.22. The van der Waals surface area contributed by atoms with Crippen LogP contribution in [0.25, 0.3) is 0 Å². The Kier molecular flexibility index (Phi) is 5.67. The van der Waals surface area contributed by atoms with Crippen LogP contribution in [0.5, 0.6) is 17.2 Å². The minimum atomic E-state index is -0.171. The predicted molar refractivity (Wildman–Crippen MR) is 120 cm³/mol. The molecule has 154 valence electrons. The number of aromatic hydroxyl groups is 3. The van der Waals surface area contributed by atoms with E-state index in [4.69, 9.17) is 0 Å². The van der Waals surface area contributed by atoms with Crippen LogP contribution in [0.15, 0.2) is 102 Å². The SMILES string of the molecule is O=Nc1ccc([C@@H](c2ccc(O)cc2)C(c2ccc(O)cc2)c2ccc(O)cc2)cc1. The number of phenolic OH excluding ortho intramolecular Hbond substituents is 3. The number of hydrogen-bond donors (Lipinski definition) is 3. The average molecular weight is 411 g/mol. The molecule has 5 nitrogen and oxygen atoms in total. The van der Waals surface area contributed by atoms with Crippen molar-refractivity contribution in [1.29, 1.82) is 0 Å². The first kappa shape index (κ1) is 20.2. The van der Waals surface area contributed by atoms with E-state index >= 15 is 0 Å². The number of phenols is 3. The number of rotatable bonds is 6. The molecule has 1 atom stereocenters. The normalized spacial score (nSPS) is 11.9. The van der Waals surface area contributed by atoms with Crippen LogP contribution in [-0.2, 0) is 0 Å². The van der Waals surface area contributed by atoms with E-state index in [9.17, 15) is 20.2 Å². The van der Waals surface area contributed by atoms with Crippen molar-refractivity contribution in [2.24, 2.45) is 5.18 Å². The zero-order valence-electron chi connectivity index (χ0n) is 16.6. The van der Waals surface area contributed by atoms with Gasteiger partial charge in [-0.25, -0.2) is 0 Å². The fraction of sp³-hybridized carbons (Fsp3) is 0.0769. The highest BCUT2D eigenvalue weighted by Crippen LogP contribution is 2.44. The third-order valence-electron chi connectivity index (χ3n) is 5.45. The molecule has 0 saturated heterocycles. The van der Waals surface area contributed by atoms with Crippen molar-refractivity contribution < 1.29 is 15.3 Å². The highest BCUT2D eigenvalue weighted by Gasteiger charge is 2.28. The average Bonchev–Trinajstić information content (AvgIpc) is 2.80. The Hall–Kier alpha value is -4.12. The van der Waals surface area contributed by atoms with Crippen molar-refractivity contribution in [1.82, 2.24) is 0 Å². The van der Waals surface area contributed by atoms with Crippen molar-refractivity contribution in [2.45, 2.75) is 11.8 Å². The molecule has 0 radical (unpaired) electrons. The zero-order chi connectivity index (χ0) is 21.8. The molecule has 0 aliphatic carbocycles. The second kappa shape index (κ2) is 8.71. The Morgan fingerprint density at radius 3 is 0.968 bits per heavy atom. The van der Waals surface area contributed by atoms with Gasteiger partial charge in [0.15, 0.2) is 0 Å². The van der Waals surface area contributed by atoms with Crippen molar-refractivity contribution in [2.75, 3.05) is 0 Å². The van der Waals surface area contributed by atoms with Gasteiger partial charge in [-0.1, -0.05) is 48.5 Å². The second-order valence-electron chi connectivity index (χ2n) is 7.41. The molecule has 0 fully saturated rings. The summed E-state index contributed by atoms with van der Waals surface area (Å²) in [6.07, 6.45) is 0. The minimum absolute atomic E-state index is 0.166. The Bertz CT molecular complexity index is 1110. The summed E-state index contributed by atoms with van der Waals surface area (Å²) < 4.78 is 0. The predicted octanol–water partition coefficient (Wildman–Crippen LogP) is 6.17. The van der Waals surface area contributed by atoms with Crippen LogP contribution in [0.4, 0.5) is 5.69 Å². The molecule has 4 aromatic carbocycles. The third-order valence-corrected chi connectivity index (χ3v) is 5.45. The van der Waals surface area contributed by atoms with Crippen molar-refractivity contribution in [3.63, 3.8) is 0 Å². The fourth-order valence-electron chi connectivity index (χ4n) is 3.94. The molecule has 4 rings (SSSR count). The molecule has 0 unspecified atom stereocenters. The second-order valence-corrected chi connectivity index (χ2v) is 7.41. The third kappa shape index (κ3) is 4.41. The van der Waals surface area contributed by atoms with Gasteiger partial charge >= 0.3 is 0 Å². The van der Waals surface area contributed by atoms with Crippen LogP contribution in [0.3, 0.4) is 0 Å². The Morgan fingerprint density at radius 1 is 0.452 bits per heavy atom. The first-order valence-electron chi connectivity index (χ1n) is 9.85. The van der Waals surface area contributed by atoms with E-state index in [-0.39, 0.29) is 29.1 Å².